The van der Waals surface area contributed by atoms with E-state index in [9.17, 15) is 17.6 Å². The van der Waals surface area contributed by atoms with Crippen LogP contribution in [0, 0.1) is 23.3 Å². The summed E-state index contributed by atoms with van der Waals surface area (Å²) in [7, 11) is 0. The van der Waals surface area contributed by atoms with Gasteiger partial charge in [0.25, 0.3) is 0 Å². The van der Waals surface area contributed by atoms with Gasteiger partial charge in [0.2, 0.25) is 0 Å². The van der Waals surface area contributed by atoms with Gasteiger partial charge in [-0.1, -0.05) is 24.3 Å². The van der Waals surface area contributed by atoms with Crippen LogP contribution in [-0.4, -0.2) is 0 Å². The standard InChI is InChI=1S/C24H10F4O2/c25-21-15-6-14-9-20(30-18(14)10-16(15)22(26)24(28)23(21)27)19-8-13-5-11-3-1-2-4-12(11)7-17(13)29-19/h1-10H. The Morgan fingerprint density at radius 1 is 0.467 bits per heavy atom. The summed E-state index contributed by atoms with van der Waals surface area (Å²) in [5, 5.41) is 2.61. The minimum Gasteiger partial charge on any atom is -0.453 e. The molecule has 0 aliphatic rings. The summed E-state index contributed by atoms with van der Waals surface area (Å²) in [5.74, 6) is -5.83. The van der Waals surface area contributed by atoms with Crippen molar-refractivity contribution >= 4 is 43.5 Å². The van der Waals surface area contributed by atoms with Gasteiger partial charge in [0.05, 0.1) is 0 Å². The van der Waals surface area contributed by atoms with E-state index in [0.717, 1.165) is 22.2 Å². The molecule has 30 heavy (non-hydrogen) atoms. The predicted octanol–water partition coefficient (Wildman–Crippen LogP) is 7.71. The highest BCUT2D eigenvalue weighted by Gasteiger charge is 2.22. The first-order chi connectivity index (χ1) is 14.5. The molecule has 0 unspecified atom stereocenters. The smallest absolute Gasteiger partial charge is 0.198 e. The predicted molar refractivity (Wildman–Crippen MR) is 106 cm³/mol. The third kappa shape index (κ3) is 2.30. The van der Waals surface area contributed by atoms with Crippen LogP contribution in [0.4, 0.5) is 17.6 Å². The van der Waals surface area contributed by atoms with Crippen molar-refractivity contribution in [3.63, 3.8) is 0 Å². The molecule has 146 valence electrons. The highest BCUT2D eigenvalue weighted by Crippen LogP contribution is 2.37. The zero-order valence-electron chi connectivity index (χ0n) is 15.1. The van der Waals surface area contributed by atoms with Crippen LogP contribution in [0.25, 0.3) is 55.0 Å². The fraction of sp³-hybridized carbons (Fsp3) is 0. The van der Waals surface area contributed by atoms with Crippen molar-refractivity contribution < 1.29 is 26.4 Å². The molecule has 0 N–H and O–H groups in total. The van der Waals surface area contributed by atoms with Gasteiger partial charge in [-0.3, -0.25) is 0 Å². The number of furan rings is 2. The highest BCUT2D eigenvalue weighted by atomic mass is 19.2. The average molecular weight is 406 g/mol. The zero-order chi connectivity index (χ0) is 20.6. The van der Waals surface area contributed by atoms with E-state index in [0.29, 0.717) is 22.5 Å². The second-order valence-electron chi connectivity index (χ2n) is 7.15. The first kappa shape index (κ1) is 17.1. The molecular weight excluding hydrogens is 396 g/mol. The van der Waals surface area contributed by atoms with Crippen LogP contribution in [0.3, 0.4) is 0 Å². The second-order valence-corrected chi connectivity index (χ2v) is 7.15. The molecule has 0 atom stereocenters. The molecule has 2 nitrogen and oxygen atoms in total. The van der Waals surface area contributed by atoms with E-state index < -0.39 is 28.7 Å². The van der Waals surface area contributed by atoms with Crippen LogP contribution in [0.5, 0.6) is 0 Å². The molecule has 0 aliphatic carbocycles. The van der Waals surface area contributed by atoms with Crippen molar-refractivity contribution in [2.45, 2.75) is 0 Å². The summed E-state index contributed by atoms with van der Waals surface area (Å²) in [6, 6.07) is 17.5. The summed E-state index contributed by atoms with van der Waals surface area (Å²) >= 11 is 0. The molecule has 0 aliphatic heterocycles. The fourth-order valence-corrected chi connectivity index (χ4v) is 3.85. The molecule has 6 heteroatoms. The minimum atomic E-state index is -1.85. The van der Waals surface area contributed by atoms with Crippen molar-refractivity contribution in [3.8, 4) is 11.5 Å². The summed E-state index contributed by atoms with van der Waals surface area (Å²) in [6.45, 7) is 0. The maximum atomic E-state index is 14.1. The highest BCUT2D eigenvalue weighted by molar-refractivity contribution is 6.00. The van der Waals surface area contributed by atoms with Crippen molar-refractivity contribution in [1.82, 2.24) is 0 Å². The van der Waals surface area contributed by atoms with Crippen molar-refractivity contribution in [2.75, 3.05) is 0 Å². The molecule has 0 bridgehead atoms. The van der Waals surface area contributed by atoms with Gasteiger partial charge < -0.3 is 8.83 Å². The van der Waals surface area contributed by atoms with Gasteiger partial charge in [-0.05, 0) is 47.2 Å². The van der Waals surface area contributed by atoms with E-state index in [2.05, 4.69) is 0 Å². The number of benzene rings is 4. The Balaban J connectivity index is 1.57. The molecule has 0 amide bonds. The number of fused-ring (bicyclic) bond motifs is 4. The molecule has 4 aromatic carbocycles. The van der Waals surface area contributed by atoms with Gasteiger partial charge in [0.15, 0.2) is 34.8 Å². The summed E-state index contributed by atoms with van der Waals surface area (Å²) in [5.41, 5.74) is 0.864. The Hall–Kier alpha value is -3.80. The molecule has 6 rings (SSSR count). The van der Waals surface area contributed by atoms with Crippen molar-refractivity contribution in [2.24, 2.45) is 0 Å². The van der Waals surface area contributed by atoms with Crippen LogP contribution in [0.1, 0.15) is 0 Å². The van der Waals surface area contributed by atoms with E-state index in [4.69, 9.17) is 8.83 Å². The van der Waals surface area contributed by atoms with Crippen LogP contribution < -0.4 is 0 Å². The molecular formula is C24H10F4O2. The van der Waals surface area contributed by atoms with Crippen LogP contribution in [-0.2, 0) is 0 Å². The lowest BCUT2D eigenvalue weighted by Gasteiger charge is -2.04. The third-order valence-electron chi connectivity index (χ3n) is 5.34. The monoisotopic (exact) mass is 406 g/mol. The van der Waals surface area contributed by atoms with Gasteiger partial charge >= 0.3 is 0 Å². The molecule has 6 aromatic rings. The summed E-state index contributed by atoms with van der Waals surface area (Å²) < 4.78 is 67.1. The van der Waals surface area contributed by atoms with Gasteiger partial charge in [-0.25, -0.2) is 17.6 Å². The van der Waals surface area contributed by atoms with Gasteiger partial charge in [-0.15, -0.1) is 0 Å². The van der Waals surface area contributed by atoms with Gasteiger partial charge in [-0.2, -0.15) is 0 Å². The molecule has 0 fully saturated rings. The van der Waals surface area contributed by atoms with E-state index >= 15 is 0 Å². The lowest BCUT2D eigenvalue weighted by molar-refractivity contribution is 0.418. The zero-order valence-corrected chi connectivity index (χ0v) is 15.1. The van der Waals surface area contributed by atoms with E-state index in [1.54, 1.807) is 12.1 Å². The van der Waals surface area contributed by atoms with E-state index in [-0.39, 0.29) is 11.0 Å². The molecule has 2 heterocycles. The van der Waals surface area contributed by atoms with Crippen molar-refractivity contribution in [3.05, 3.63) is 83.9 Å². The van der Waals surface area contributed by atoms with Crippen LogP contribution in [0.15, 0.2) is 69.5 Å². The van der Waals surface area contributed by atoms with Gasteiger partial charge in [0.1, 0.15) is 11.2 Å². The first-order valence-corrected chi connectivity index (χ1v) is 9.11. The summed E-state index contributed by atoms with van der Waals surface area (Å²) in [6.07, 6.45) is 0. The van der Waals surface area contributed by atoms with E-state index in [1.807, 2.05) is 36.4 Å². The lowest BCUT2D eigenvalue weighted by Crippen LogP contribution is -1.97. The minimum absolute atomic E-state index is 0.201. The third-order valence-corrected chi connectivity index (χ3v) is 5.34. The molecule has 0 saturated heterocycles. The molecule has 0 spiro atoms. The van der Waals surface area contributed by atoms with Crippen molar-refractivity contribution in [1.29, 1.82) is 0 Å². The number of hydrogen-bond donors (Lipinski definition) is 0. The number of rotatable bonds is 1. The SMILES string of the molecule is Fc1c(F)c(F)c2cc3oc(-c4cc5cc6ccccc6cc5o4)cc3cc2c1F. The molecule has 2 aromatic heterocycles. The lowest BCUT2D eigenvalue weighted by atomic mass is 10.1. The number of hydrogen-bond acceptors (Lipinski definition) is 2. The Labute approximate surface area is 165 Å². The normalized spacial score (nSPS) is 12.0. The quantitative estimate of drug-likeness (QED) is 0.159. The number of halogens is 4. The molecule has 0 saturated carbocycles. The van der Waals surface area contributed by atoms with Gasteiger partial charge in [0, 0.05) is 21.5 Å². The average Bonchev–Trinajstić information content (AvgIpc) is 3.36. The first-order valence-electron chi connectivity index (χ1n) is 9.11. The fourth-order valence-electron chi connectivity index (χ4n) is 3.85. The largest absolute Gasteiger partial charge is 0.453 e. The molecule has 0 radical (unpaired) electrons. The second kappa shape index (κ2) is 5.86. The van der Waals surface area contributed by atoms with Crippen LogP contribution in [0.2, 0.25) is 0 Å². The maximum absolute atomic E-state index is 14.1. The van der Waals surface area contributed by atoms with Crippen LogP contribution >= 0.6 is 0 Å². The summed E-state index contributed by atoms with van der Waals surface area (Å²) in [4.78, 5) is 0. The Bertz CT molecular complexity index is 1530. The Kier molecular flexibility index (Phi) is 3.34. The Morgan fingerprint density at radius 2 is 0.967 bits per heavy atom. The Morgan fingerprint density at radius 3 is 1.60 bits per heavy atom. The maximum Gasteiger partial charge on any atom is 0.198 e. The van der Waals surface area contributed by atoms with E-state index in [1.165, 1.54) is 6.07 Å². The topological polar surface area (TPSA) is 26.3 Å².